The zero-order chi connectivity index (χ0) is 12.7. The van der Waals surface area contributed by atoms with E-state index in [0.717, 1.165) is 0 Å². The fourth-order valence-electron chi connectivity index (χ4n) is 0.964. The topological polar surface area (TPSA) is 64.6 Å². The van der Waals surface area contributed by atoms with Gasteiger partial charge in [0.05, 0.1) is 0 Å². The number of benzene rings is 1. The van der Waals surface area contributed by atoms with Gasteiger partial charge in [-0.2, -0.15) is 8.78 Å². The van der Waals surface area contributed by atoms with Crippen molar-refractivity contribution in [3.63, 3.8) is 0 Å². The molecule has 1 N–H and O–H groups in total. The molecule has 0 radical (unpaired) electrons. The highest BCUT2D eigenvalue weighted by Crippen LogP contribution is 1.98. The lowest BCUT2D eigenvalue weighted by molar-refractivity contribution is -0.356. The van der Waals surface area contributed by atoms with Crippen molar-refractivity contribution in [1.29, 1.82) is 0 Å². The quantitative estimate of drug-likeness (QED) is 0.623. The second-order valence-electron chi connectivity index (χ2n) is 2.86. The Bertz CT molecular complexity index is 383. The first-order valence-electron chi connectivity index (χ1n) is 4.57. The predicted molar refractivity (Wildman–Crippen MR) is 52.0 cm³/mol. The van der Waals surface area contributed by atoms with Gasteiger partial charge >= 0.3 is 12.6 Å². The van der Waals surface area contributed by atoms with Crippen molar-refractivity contribution in [2.45, 2.75) is 6.61 Å². The van der Waals surface area contributed by atoms with Crippen LogP contribution < -0.4 is 5.32 Å². The van der Waals surface area contributed by atoms with E-state index < -0.39 is 25.0 Å². The molecule has 1 aromatic carbocycles. The third kappa shape index (κ3) is 5.03. The molecular formula is C10H9F2NO4. The van der Waals surface area contributed by atoms with E-state index >= 15 is 0 Å². The van der Waals surface area contributed by atoms with Crippen LogP contribution in [0.15, 0.2) is 30.3 Å². The molecule has 1 rings (SSSR count). The fraction of sp³-hybridized carbons (Fsp3) is 0.200. The van der Waals surface area contributed by atoms with Crippen LogP contribution in [0.25, 0.3) is 0 Å². The summed E-state index contributed by atoms with van der Waals surface area (Å²) in [4.78, 5) is 29.2. The van der Waals surface area contributed by atoms with Crippen LogP contribution in [0.1, 0.15) is 10.4 Å². The van der Waals surface area contributed by atoms with Crippen molar-refractivity contribution in [3.05, 3.63) is 35.9 Å². The maximum Gasteiger partial charge on any atom is 0.381 e. The van der Waals surface area contributed by atoms with Crippen molar-refractivity contribution in [1.82, 2.24) is 5.32 Å². The van der Waals surface area contributed by atoms with Gasteiger partial charge in [0, 0.05) is 5.56 Å². The molecule has 0 aliphatic carbocycles. The number of alkyl halides is 2. The number of hydrogen-bond donors (Lipinski definition) is 1. The molecule has 1 aromatic rings. The molecule has 0 saturated carbocycles. The van der Waals surface area contributed by atoms with Crippen LogP contribution in [0.4, 0.5) is 8.78 Å². The van der Waals surface area contributed by atoms with Gasteiger partial charge < -0.3 is 5.32 Å². The Morgan fingerprint density at radius 3 is 2.47 bits per heavy atom. The van der Waals surface area contributed by atoms with Crippen molar-refractivity contribution in [2.75, 3.05) is 6.54 Å². The zero-order valence-electron chi connectivity index (χ0n) is 8.56. The van der Waals surface area contributed by atoms with Crippen LogP contribution in [-0.4, -0.2) is 25.0 Å². The highest BCUT2D eigenvalue weighted by molar-refractivity contribution is 5.95. The minimum absolute atomic E-state index is 0.343. The first-order chi connectivity index (χ1) is 8.09. The normalized spacial score (nSPS) is 10.1. The van der Waals surface area contributed by atoms with E-state index in [0.29, 0.717) is 5.56 Å². The lowest BCUT2D eigenvalue weighted by Gasteiger charge is -2.04. The lowest BCUT2D eigenvalue weighted by atomic mass is 10.2. The van der Waals surface area contributed by atoms with Gasteiger partial charge in [0.15, 0.2) is 0 Å². The SMILES string of the molecule is O=C(CNC(=O)c1ccccc1)OOC(F)F. The summed E-state index contributed by atoms with van der Waals surface area (Å²) >= 11 is 0. The minimum atomic E-state index is -3.20. The van der Waals surface area contributed by atoms with Crippen molar-refractivity contribution >= 4 is 11.9 Å². The summed E-state index contributed by atoms with van der Waals surface area (Å²) in [7, 11) is 0. The summed E-state index contributed by atoms with van der Waals surface area (Å²) < 4.78 is 22.9. The Labute approximate surface area is 95.3 Å². The van der Waals surface area contributed by atoms with Gasteiger partial charge in [-0.25, -0.2) is 4.79 Å². The van der Waals surface area contributed by atoms with E-state index in [2.05, 4.69) is 15.1 Å². The molecule has 0 atom stereocenters. The third-order valence-electron chi connectivity index (χ3n) is 1.64. The number of carbonyl (C=O) groups excluding carboxylic acids is 2. The molecule has 17 heavy (non-hydrogen) atoms. The van der Waals surface area contributed by atoms with Crippen molar-refractivity contribution in [3.8, 4) is 0 Å². The van der Waals surface area contributed by atoms with E-state index in [9.17, 15) is 18.4 Å². The summed E-state index contributed by atoms with van der Waals surface area (Å²) in [5, 5.41) is 2.18. The molecule has 0 heterocycles. The van der Waals surface area contributed by atoms with Crippen LogP contribution in [0.3, 0.4) is 0 Å². The van der Waals surface area contributed by atoms with Crippen LogP contribution in [0.2, 0.25) is 0 Å². The maximum atomic E-state index is 11.5. The second-order valence-corrected chi connectivity index (χ2v) is 2.86. The van der Waals surface area contributed by atoms with Gasteiger partial charge in [-0.15, -0.1) is 4.89 Å². The van der Waals surface area contributed by atoms with E-state index in [4.69, 9.17) is 0 Å². The molecular weight excluding hydrogens is 236 g/mol. The largest absolute Gasteiger partial charge is 0.381 e. The van der Waals surface area contributed by atoms with Gasteiger partial charge in [0.2, 0.25) is 0 Å². The molecule has 0 saturated heterocycles. The van der Waals surface area contributed by atoms with Gasteiger partial charge in [-0.1, -0.05) is 18.2 Å². The second kappa shape index (κ2) is 6.54. The molecule has 0 aliphatic rings. The van der Waals surface area contributed by atoms with E-state index in [1.54, 1.807) is 18.2 Å². The summed E-state index contributed by atoms with van der Waals surface area (Å²) in [6.07, 6.45) is 0. The van der Waals surface area contributed by atoms with Gasteiger partial charge in [-0.05, 0) is 12.1 Å². The average Bonchev–Trinajstić information content (AvgIpc) is 2.34. The van der Waals surface area contributed by atoms with Gasteiger partial charge in [0.1, 0.15) is 6.54 Å². The first-order valence-corrected chi connectivity index (χ1v) is 4.57. The summed E-state index contributed by atoms with van der Waals surface area (Å²) in [5.41, 5.74) is 0.343. The number of rotatable bonds is 5. The van der Waals surface area contributed by atoms with Crippen LogP contribution in [-0.2, 0) is 14.6 Å². The molecule has 5 nitrogen and oxygen atoms in total. The number of halogens is 2. The molecule has 1 amide bonds. The van der Waals surface area contributed by atoms with Crippen LogP contribution >= 0.6 is 0 Å². The molecule has 0 aliphatic heterocycles. The highest BCUT2D eigenvalue weighted by Gasteiger charge is 2.11. The Balaban J connectivity index is 2.31. The highest BCUT2D eigenvalue weighted by atomic mass is 19.3. The van der Waals surface area contributed by atoms with E-state index in [1.165, 1.54) is 12.1 Å². The summed E-state index contributed by atoms with van der Waals surface area (Å²) in [6.45, 7) is -3.76. The average molecular weight is 245 g/mol. The predicted octanol–water partition coefficient (Wildman–Crippen LogP) is 1.11. The fourth-order valence-corrected chi connectivity index (χ4v) is 0.964. The van der Waals surface area contributed by atoms with Gasteiger partial charge in [-0.3, -0.25) is 9.68 Å². The molecule has 0 unspecified atom stereocenters. The van der Waals surface area contributed by atoms with E-state index in [1.807, 2.05) is 0 Å². The van der Waals surface area contributed by atoms with Gasteiger partial charge in [0.25, 0.3) is 5.91 Å². The number of hydrogen-bond acceptors (Lipinski definition) is 4. The molecule has 7 heteroatoms. The first kappa shape index (κ1) is 13.0. The van der Waals surface area contributed by atoms with Crippen LogP contribution in [0.5, 0.6) is 0 Å². The third-order valence-corrected chi connectivity index (χ3v) is 1.64. The number of carbonyl (C=O) groups is 2. The molecule has 92 valence electrons. The Morgan fingerprint density at radius 2 is 1.88 bits per heavy atom. The Hall–Kier alpha value is -2.02. The van der Waals surface area contributed by atoms with Crippen molar-refractivity contribution < 1.29 is 28.1 Å². The number of nitrogens with one attached hydrogen (secondary N) is 1. The minimum Gasteiger partial charge on any atom is -0.341 e. The van der Waals surface area contributed by atoms with E-state index in [-0.39, 0.29) is 0 Å². The Morgan fingerprint density at radius 1 is 1.24 bits per heavy atom. The zero-order valence-corrected chi connectivity index (χ0v) is 8.56. The van der Waals surface area contributed by atoms with Crippen molar-refractivity contribution in [2.24, 2.45) is 0 Å². The Kier molecular flexibility index (Phi) is 5.02. The summed E-state index contributed by atoms with van der Waals surface area (Å²) in [5.74, 6) is -1.63. The molecule has 0 aromatic heterocycles. The van der Waals surface area contributed by atoms with Crippen LogP contribution in [0, 0.1) is 0 Å². The smallest absolute Gasteiger partial charge is 0.341 e. The monoisotopic (exact) mass is 245 g/mol. The standard InChI is InChI=1S/C10H9F2NO4/c11-10(12)17-16-8(14)6-13-9(15)7-4-2-1-3-5-7/h1-5,10H,6H2,(H,13,15). The lowest BCUT2D eigenvalue weighted by Crippen LogP contribution is -2.30. The molecule has 0 spiro atoms. The molecule has 0 fully saturated rings. The maximum absolute atomic E-state index is 11.5. The summed E-state index contributed by atoms with van der Waals surface area (Å²) in [6, 6.07) is 8.09. The molecule has 0 bridgehead atoms. The number of amides is 1.